The summed E-state index contributed by atoms with van der Waals surface area (Å²) < 4.78 is 37.2. The molecule has 0 radical (unpaired) electrons. The molecule has 0 saturated carbocycles. The van der Waals surface area contributed by atoms with Gasteiger partial charge in [0.05, 0.1) is 24.4 Å². The summed E-state index contributed by atoms with van der Waals surface area (Å²) in [6, 6.07) is 10.1. The van der Waals surface area contributed by atoms with E-state index in [-0.39, 0.29) is 32.2 Å². The molecule has 5 rings (SSSR count). The molecular formula is C25H28F2N6O3. The quantitative estimate of drug-likeness (QED) is 0.512. The second-order valence-electron chi connectivity index (χ2n) is 8.96. The van der Waals surface area contributed by atoms with E-state index in [2.05, 4.69) is 43.9 Å². The van der Waals surface area contributed by atoms with E-state index in [1.165, 1.54) is 5.69 Å². The van der Waals surface area contributed by atoms with Gasteiger partial charge in [-0.15, -0.1) is 0 Å². The number of anilines is 1. The Balaban J connectivity index is 1.33. The van der Waals surface area contributed by atoms with Gasteiger partial charge in [-0.05, 0) is 25.2 Å². The summed E-state index contributed by atoms with van der Waals surface area (Å²) in [7, 11) is 2.13. The van der Waals surface area contributed by atoms with Crippen LogP contribution < -0.4 is 9.64 Å². The van der Waals surface area contributed by atoms with E-state index < -0.39 is 18.4 Å². The number of alkyl halides is 2. The smallest absolute Gasteiger partial charge is 0.315 e. The Kier molecular flexibility index (Phi) is 7.19. The van der Waals surface area contributed by atoms with Crippen molar-refractivity contribution in [1.82, 2.24) is 24.8 Å². The van der Waals surface area contributed by atoms with Crippen LogP contribution in [0, 0.1) is 0 Å². The van der Waals surface area contributed by atoms with E-state index in [0.717, 1.165) is 36.6 Å². The van der Waals surface area contributed by atoms with Crippen LogP contribution in [-0.2, 0) is 9.53 Å². The molecule has 0 spiro atoms. The van der Waals surface area contributed by atoms with Gasteiger partial charge in [-0.1, -0.05) is 12.1 Å². The molecule has 0 bridgehead atoms. The van der Waals surface area contributed by atoms with Crippen LogP contribution in [0.5, 0.6) is 5.88 Å². The van der Waals surface area contributed by atoms with Crippen LogP contribution in [0.1, 0.15) is 0 Å². The first-order chi connectivity index (χ1) is 17.5. The molecule has 1 atom stereocenters. The number of aromatic nitrogens is 3. The zero-order valence-electron chi connectivity index (χ0n) is 20.0. The van der Waals surface area contributed by atoms with Crippen molar-refractivity contribution in [1.29, 1.82) is 0 Å². The van der Waals surface area contributed by atoms with Crippen LogP contribution in [0.2, 0.25) is 0 Å². The lowest BCUT2D eigenvalue weighted by atomic mass is 10.1. The van der Waals surface area contributed by atoms with E-state index in [1.807, 2.05) is 18.2 Å². The maximum absolute atomic E-state index is 12.8. The summed E-state index contributed by atoms with van der Waals surface area (Å²) >= 11 is 0. The second kappa shape index (κ2) is 10.7. The molecule has 2 saturated heterocycles. The third-order valence-corrected chi connectivity index (χ3v) is 6.50. The molecule has 190 valence electrons. The van der Waals surface area contributed by atoms with Gasteiger partial charge < -0.3 is 24.2 Å². The van der Waals surface area contributed by atoms with Crippen LogP contribution in [0.4, 0.5) is 14.5 Å². The Morgan fingerprint density at radius 1 is 1.11 bits per heavy atom. The Bertz CT molecular complexity index is 1200. The third-order valence-electron chi connectivity index (χ3n) is 6.50. The first kappa shape index (κ1) is 24.3. The lowest BCUT2D eigenvalue weighted by Gasteiger charge is -2.34. The minimum absolute atomic E-state index is 0.0280. The zero-order valence-corrected chi connectivity index (χ0v) is 20.0. The number of benzene rings is 1. The highest BCUT2D eigenvalue weighted by Gasteiger charge is 2.30. The van der Waals surface area contributed by atoms with Gasteiger partial charge in [0.25, 0.3) is 5.91 Å². The van der Waals surface area contributed by atoms with Gasteiger partial charge in [0.15, 0.2) is 5.52 Å². The Hall–Kier alpha value is -3.44. The van der Waals surface area contributed by atoms with Crippen LogP contribution in [0.25, 0.3) is 22.3 Å². The molecule has 1 aromatic carbocycles. The predicted molar refractivity (Wildman–Crippen MR) is 130 cm³/mol. The predicted octanol–water partition coefficient (Wildman–Crippen LogP) is 2.31. The number of ether oxygens (including phenoxy) is 2. The number of carbonyl (C=O) groups is 1. The summed E-state index contributed by atoms with van der Waals surface area (Å²) in [6.45, 7) is 4.41. The SMILES string of the molecule is CN1CCN(c2ccc(-c3cc4nccnc4c(OC[C@@H]4CN(C(=O)C(F)F)CCO4)n3)cc2)CC1. The van der Waals surface area contributed by atoms with Gasteiger partial charge in [-0.25, -0.2) is 9.97 Å². The average Bonchev–Trinajstić information content (AvgIpc) is 2.92. The minimum atomic E-state index is -3.04. The molecule has 2 fully saturated rings. The highest BCUT2D eigenvalue weighted by Crippen LogP contribution is 2.29. The maximum atomic E-state index is 12.8. The van der Waals surface area contributed by atoms with Crippen LogP contribution in [0.15, 0.2) is 42.7 Å². The van der Waals surface area contributed by atoms with Crippen molar-refractivity contribution in [2.75, 3.05) is 64.4 Å². The molecule has 0 unspecified atom stereocenters. The summed E-state index contributed by atoms with van der Waals surface area (Å²) in [5, 5.41) is 0. The number of halogens is 2. The average molecular weight is 499 g/mol. The summed E-state index contributed by atoms with van der Waals surface area (Å²) in [5.74, 6) is -0.917. The monoisotopic (exact) mass is 498 g/mol. The van der Waals surface area contributed by atoms with Crippen molar-refractivity contribution < 1.29 is 23.0 Å². The van der Waals surface area contributed by atoms with Gasteiger partial charge in [-0.3, -0.25) is 9.78 Å². The first-order valence-electron chi connectivity index (χ1n) is 11.9. The summed E-state index contributed by atoms with van der Waals surface area (Å²) in [4.78, 5) is 30.9. The minimum Gasteiger partial charge on any atom is -0.473 e. The Morgan fingerprint density at radius 2 is 1.86 bits per heavy atom. The molecule has 9 nitrogen and oxygen atoms in total. The fourth-order valence-corrected chi connectivity index (χ4v) is 4.43. The molecule has 1 amide bonds. The van der Waals surface area contributed by atoms with E-state index in [0.29, 0.717) is 16.7 Å². The normalized spacial score (nSPS) is 19.2. The number of hydrogen-bond donors (Lipinski definition) is 0. The van der Waals surface area contributed by atoms with Crippen LogP contribution in [-0.4, -0.2) is 103 Å². The van der Waals surface area contributed by atoms with Crippen molar-refractivity contribution in [2.24, 2.45) is 0 Å². The number of fused-ring (bicyclic) bond motifs is 1. The molecule has 2 aliphatic heterocycles. The molecule has 2 aromatic heterocycles. The summed E-state index contributed by atoms with van der Waals surface area (Å²) in [6.07, 6.45) is -0.433. The van der Waals surface area contributed by atoms with Gasteiger partial charge in [-0.2, -0.15) is 8.78 Å². The van der Waals surface area contributed by atoms with Crippen molar-refractivity contribution in [2.45, 2.75) is 12.5 Å². The molecule has 11 heteroatoms. The highest BCUT2D eigenvalue weighted by atomic mass is 19.3. The molecule has 4 heterocycles. The number of likely N-dealkylation sites (N-methyl/N-ethyl adjacent to an activating group) is 1. The van der Waals surface area contributed by atoms with Crippen LogP contribution in [0.3, 0.4) is 0 Å². The number of nitrogens with zero attached hydrogens (tertiary/aromatic N) is 6. The van der Waals surface area contributed by atoms with E-state index in [9.17, 15) is 13.6 Å². The van der Waals surface area contributed by atoms with Crippen molar-refractivity contribution >= 4 is 22.6 Å². The third kappa shape index (κ3) is 5.36. The number of piperazine rings is 1. The number of hydrogen-bond acceptors (Lipinski definition) is 8. The van der Waals surface area contributed by atoms with Crippen LogP contribution >= 0.6 is 0 Å². The summed E-state index contributed by atoms with van der Waals surface area (Å²) in [5.41, 5.74) is 3.88. The number of carbonyl (C=O) groups excluding carboxylic acids is 1. The largest absolute Gasteiger partial charge is 0.473 e. The first-order valence-corrected chi connectivity index (χ1v) is 11.9. The number of amides is 1. The molecule has 36 heavy (non-hydrogen) atoms. The molecule has 2 aliphatic rings. The standard InChI is InChI=1S/C25H28F2N6O3/c1-31-8-10-32(11-9-31)18-4-2-17(3-5-18)20-14-21-22(29-7-6-28-21)24(30-20)36-16-19-15-33(12-13-35-19)25(34)23(26)27/h2-7,14,19,23H,8-13,15-16H2,1H3/t19-/m0/s1. The lowest BCUT2D eigenvalue weighted by Crippen LogP contribution is -2.49. The van der Waals surface area contributed by atoms with Gasteiger partial charge in [0, 0.05) is 56.4 Å². The maximum Gasteiger partial charge on any atom is 0.315 e. The van der Waals surface area contributed by atoms with Gasteiger partial charge in [0.1, 0.15) is 12.7 Å². The topological polar surface area (TPSA) is 83.9 Å². The van der Waals surface area contributed by atoms with E-state index in [1.54, 1.807) is 12.4 Å². The van der Waals surface area contributed by atoms with E-state index in [4.69, 9.17) is 9.47 Å². The molecular weight excluding hydrogens is 470 g/mol. The number of morpholine rings is 1. The van der Waals surface area contributed by atoms with Crippen molar-refractivity contribution in [3.63, 3.8) is 0 Å². The zero-order chi connectivity index (χ0) is 25.1. The molecule has 0 aliphatic carbocycles. The van der Waals surface area contributed by atoms with Crippen molar-refractivity contribution in [3.05, 3.63) is 42.7 Å². The second-order valence-corrected chi connectivity index (χ2v) is 8.96. The lowest BCUT2D eigenvalue weighted by molar-refractivity contribution is -0.151. The highest BCUT2D eigenvalue weighted by molar-refractivity contribution is 5.83. The molecule has 0 N–H and O–H groups in total. The van der Waals surface area contributed by atoms with Gasteiger partial charge in [0.2, 0.25) is 5.88 Å². The fraction of sp³-hybridized carbons (Fsp3) is 0.440. The number of rotatable bonds is 6. The number of pyridine rings is 1. The van der Waals surface area contributed by atoms with Crippen molar-refractivity contribution in [3.8, 4) is 17.1 Å². The Labute approximate surface area is 207 Å². The van der Waals surface area contributed by atoms with Gasteiger partial charge >= 0.3 is 6.43 Å². The Morgan fingerprint density at radius 3 is 2.61 bits per heavy atom. The molecule has 3 aromatic rings. The fourth-order valence-electron chi connectivity index (χ4n) is 4.43. The van der Waals surface area contributed by atoms with E-state index >= 15 is 0 Å².